The van der Waals surface area contributed by atoms with Gasteiger partial charge >= 0.3 is 16.4 Å². The van der Waals surface area contributed by atoms with Gasteiger partial charge in [-0.2, -0.15) is 26.3 Å². The molecule has 1 aliphatic rings. The first-order chi connectivity index (χ1) is 9.10. The van der Waals surface area contributed by atoms with Gasteiger partial charge in [-0.15, -0.1) is 0 Å². The molecule has 0 atom stereocenters. The molecule has 3 N–H and O–H groups in total. The van der Waals surface area contributed by atoms with Gasteiger partial charge in [-0.1, -0.05) is 6.07 Å². The fourth-order valence-corrected chi connectivity index (χ4v) is 3.31. The van der Waals surface area contributed by atoms with Gasteiger partial charge < -0.3 is 5.73 Å². The molecule has 112 valence electrons. The van der Waals surface area contributed by atoms with E-state index in [1.54, 1.807) is 17.7 Å². The van der Waals surface area contributed by atoms with Crippen molar-refractivity contribution >= 4 is 21.6 Å². The SMILES string of the molecule is Cc1cc2c(cc1N)N(S(=O)(=O)NCC(F)(F)F)CC2. The van der Waals surface area contributed by atoms with Crippen LogP contribution in [0, 0.1) is 6.92 Å². The number of anilines is 2. The van der Waals surface area contributed by atoms with Crippen molar-refractivity contribution in [2.24, 2.45) is 0 Å². The van der Waals surface area contributed by atoms with Crippen LogP contribution in [-0.2, 0) is 16.6 Å². The molecule has 0 amide bonds. The summed E-state index contributed by atoms with van der Waals surface area (Å²) in [5, 5.41) is 0. The number of nitrogen functional groups attached to an aromatic ring is 1. The third kappa shape index (κ3) is 2.98. The van der Waals surface area contributed by atoms with Gasteiger partial charge in [-0.25, -0.2) is 0 Å². The Kier molecular flexibility index (Phi) is 3.59. The third-order valence-corrected chi connectivity index (χ3v) is 4.53. The number of fused-ring (bicyclic) bond motifs is 1. The zero-order valence-electron chi connectivity index (χ0n) is 10.7. The molecule has 2 rings (SSSR count). The molecule has 20 heavy (non-hydrogen) atoms. The van der Waals surface area contributed by atoms with Crippen LogP contribution in [0.3, 0.4) is 0 Å². The molecule has 1 aromatic carbocycles. The van der Waals surface area contributed by atoms with Gasteiger partial charge in [0.05, 0.1) is 5.69 Å². The molecule has 5 nitrogen and oxygen atoms in total. The second-order valence-electron chi connectivity index (χ2n) is 4.60. The van der Waals surface area contributed by atoms with Gasteiger partial charge in [0.2, 0.25) is 0 Å². The molecule has 0 radical (unpaired) electrons. The minimum atomic E-state index is -4.60. The van der Waals surface area contributed by atoms with Gasteiger partial charge in [0.15, 0.2) is 0 Å². The van der Waals surface area contributed by atoms with Crippen molar-refractivity contribution in [3.8, 4) is 0 Å². The summed E-state index contributed by atoms with van der Waals surface area (Å²) in [4.78, 5) is 0. The number of rotatable bonds is 3. The van der Waals surface area contributed by atoms with Crippen LogP contribution in [0.1, 0.15) is 11.1 Å². The largest absolute Gasteiger partial charge is 0.402 e. The highest BCUT2D eigenvalue weighted by atomic mass is 32.2. The molecule has 1 aliphatic heterocycles. The van der Waals surface area contributed by atoms with E-state index in [0.717, 1.165) is 15.4 Å². The van der Waals surface area contributed by atoms with Crippen LogP contribution in [0.5, 0.6) is 0 Å². The quantitative estimate of drug-likeness (QED) is 0.827. The summed E-state index contributed by atoms with van der Waals surface area (Å²) >= 11 is 0. The highest BCUT2D eigenvalue weighted by Gasteiger charge is 2.34. The molecule has 0 unspecified atom stereocenters. The molecular formula is C11H14F3N3O2S. The van der Waals surface area contributed by atoms with Crippen molar-refractivity contribution in [1.82, 2.24) is 4.72 Å². The van der Waals surface area contributed by atoms with E-state index in [1.807, 2.05) is 0 Å². The summed E-state index contributed by atoms with van der Waals surface area (Å²) in [6.45, 7) is 0.294. The number of nitrogens with zero attached hydrogens (tertiary/aromatic N) is 1. The zero-order valence-corrected chi connectivity index (χ0v) is 11.5. The number of benzene rings is 1. The van der Waals surface area contributed by atoms with E-state index < -0.39 is 22.9 Å². The third-order valence-electron chi connectivity index (χ3n) is 3.07. The van der Waals surface area contributed by atoms with E-state index in [2.05, 4.69) is 0 Å². The van der Waals surface area contributed by atoms with Crippen LogP contribution in [0.4, 0.5) is 24.5 Å². The second kappa shape index (κ2) is 4.81. The van der Waals surface area contributed by atoms with Gasteiger partial charge in [0.1, 0.15) is 6.54 Å². The van der Waals surface area contributed by atoms with E-state index in [-0.39, 0.29) is 6.54 Å². The lowest BCUT2D eigenvalue weighted by Crippen LogP contribution is -2.43. The summed E-state index contributed by atoms with van der Waals surface area (Å²) in [5.41, 5.74) is 8.03. The standard InChI is InChI=1S/C11H14F3N3O2S/c1-7-4-8-2-3-17(10(8)5-9(7)15)20(18,19)16-6-11(12,13)14/h4-5,16H,2-3,6,15H2,1H3. The van der Waals surface area contributed by atoms with E-state index in [9.17, 15) is 21.6 Å². The molecule has 0 fully saturated rings. The Morgan fingerprint density at radius 3 is 2.65 bits per heavy atom. The number of nitrogens with one attached hydrogen (secondary N) is 1. The van der Waals surface area contributed by atoms with Crippen LogP contribution < -0.4 is 14.8 Å². The number of halogens is 3. The first-order valence-electron chi connectivity index (χ1n) is 5.83. The van der Waals surface area contributed by atoms with Crippen LogP contribution in [0.25, 0.3) is 0 Å². The molecule has 1 heterocycles. The highest BCUT2D eigenvalue weighted by molar-refractivity contribution is 7.90. The maximum atomic E-state index is 12.1. The minimum absolute atomic E-state index is 0.103. The molecule has 0 aliphatic carbocycles. The second-order valence-corrected chi connectivity index (χ2v) is 6.28. The smallest absolute Gasteiger partial charge is 0.398 e. The van der Waals surface area contributed by atoms with Gasteiger partial charge in [0.25, 0.3) is 0 Å². The van der Waals surface area contributed by atoms with Crippen molar-refractivity contribution in [3.05, 3.63) is 23.3 Å². The van der Waals surface area contributed by atoms with Gasteiger partial charge in [-0.3, -0.25) is 4.31 Å². The first-order valence-corrected chi connectivity index (χ1v) is 7.27. The van der Waals surface area contributed by atoms with Crippen LogP contribution in [0.15, 0.2) is 12.1 Å². The van der Waals surface area contributed by atoms with Crippen molar-refractivity contribution in [3.63, 3.8) is 0 Å². The molecule has 0 saturated heterocycles. The van der Waals surface area contributed by atoms with Crippen LogP contribution in [0.2, 0.25) is 0 Å². The fourth-order valence-electron chi connectivity index (χ4n) is 2.05. The molecule has 0 bridgehead atoms. The van der Waals surface area contributed by atoms with Crippen molar-refractivity contribution in [2.75, 3.05) is 23.1 Å². The maximum absolute atomic E-state index is 12.1. The van der Waals surface area contributed by atoms with Crippen LogP contribution in [-0.4, -0.2) is 27.7 Å². The Hall–Kier alpha value is -1.48. The number of hydrogen-bond donors (Lipinski definition) is 2. The number of aryl methyl sites for hydroxylation is 1. The normalized spacial score (nSPS) is 15.5. The number of alkyl halides is 3. The summed E-state index contributed by atoms with van der Waals surface area (Å²) in [7, 11) is -4.23. The summed E-state index contributed by atoms with van der Waals surface area (Å²) in [6.07, 6.45) is -4.15. The summed E-state index contributed by atoms with van der Waals surface area (Å²) in [6, 6.07) is 3.23. The average molecular weight is 309 g/mol. The van der Waals surface area contributed by atoms with Crippen molar-refractivity contribution < 1.29 is 21.6 Å². The number of hydrogen-bond acceptors (Lipinski definition) is 3. The molecule has 9 heteroatoms. The molecule has 0 aromatic heterocycles. The Morgan fingerprint density at radius 1 is 1.40 bits per heavy atom. The zero-order chi connectivity index (χ0) is 15.1. The molecular weight excluding hydrogens is 295 g/mol. The summed E-state index contributed by atoms with van der Waals surface area (Å²) < 4.78 is 62.7. The Balaban J connectivity index is 2.27. The molecule has 1 aromatic rings. The monoisotopic (exact) mass is 309 g/mol. The highest BCUT2D eigenvalue weighted by Crippen LogP contribution is 2.33. The minimum Gasteiger partial charge on any atom is -0.398 e. The first kappa shape index (κ1) is 14.9. The molecule has 0 spiro atoms. The fraction of sp³-hybridized carbons (Fsp3) is 0.455. The lowest BCUT2D eigenvalue weighted by Gasteiger charge is -2.21. The predicted molar refractivity (Wildman–Crippen MR) is 69.6 cm³/mol. The van der Waals surface area contributed by atoms with E-state index >= 15 is 0 Å². The molecule has 0 saturated carbocycles. The van der Waals surface area contributed by atoms with E-state index in [4.69, 9.17) is 5.73 Å². The van der Waals surface area contributed by atoms with Crippen molar-refractivity contribution in [2.45, 2.75) is 19.5 Å². The van der Waals surface area contributed by atoms with Gasteiger partial charge in [-0.05, 0) is 30.5 Å². The van der Waals surface area contributed by atoms with Crippen molar-refractivity contribution in [1.29, 1.82) is 0 Å². The Labute approximate surface area is 114 Å². The lowest BCUT2D eigenvalue weighted by molar-refractivity contribution is -0.121. The Bertz CT molecular complexity index is 629. The predicted octanol–water partition coefficient (Wildman–Crippen LogP) is 1.34. The lowest BCUT2D eigenvalue weighted by atomic mass is 10.1. The maximum Gasteiger partial charge on any atom is 0.402 e. The summed E-state index contributed by atoms with van der Waals surface area (Å²) in [5.74, 6) is 0. The van der Waals surface area contributed by atoms with Gasteiger partial charge in [0, 0.05) is 12.2 Å². The van der Waals surface area contributed by atoms with E-state index in [1.165, 1.54) is 6.07 Å². The Morgan fingerprint density at radius 2 is 2.05 bits per heavy atom. The van der Waals surface area contributed by atoms with E-state index in [0.29, 0.717) is 17.8 Å². The average Bonchev–Trinajstić information content (AvgIpc) is 2.70. The van der Waals surface area contributed by atoms with Crippen LogP contribution >= 0.6 is 0 Å². The number of nitrogens with two attached hydrogens (primary N) is 1. The topological polar surface area (TPSA) is 75.4 Å².